The Labute approximate surface area is 395 Å². The van der Waals surface area contributed by atoms with Gasteiger partial charge in [-0.1, -0.05) is 221 Å². The molecule has 0 spiro atoms. The van der Waals surface area contributed by atoms with E-state index in [9.17, 15) is 14.4 Å². The highest BCUT2D eigenvalue weighted by atomic mass is 16.6. The maximum Gasteiger partial charge on any atom is 0.306 e. The third-order valence-electron chi connectivity index (χ3n) is 11.1. The van der Waals surface area contributed by atoms with Crippen LogP contribution in [0.3, 0.4) is 0 Å². The van der Waals surface area contributed by atoms with E-state index >= 15 is 0 Å². The molecule has 0 saturated carbocycles. The zero-order valence-electron chi connectivity index (χ0n) is 41.8. The van der Waals surface area contributed by atoms with Gasteiger partial charge >= 0.3 is 17.9 Å². The SMILES string of the molecule is CC/C=C\C/C=C\C/C=C\C/C=C\C/C=C\CCCC(=O)OC(COC(=O)CCCCCCCCCCCC)COC(=O)CCCCCCCCCCC/C=C\C/C=C\CCCCC. The van der Waals surface area contributed by atoms with Crippen molar-refractivity contribution in [2.24, 2.45) is 0 Å². The van der Waals surface area contributed by atoms with Crippen molar-refractivity contribution < 1.29 is 28.6 Å². The smallest absolute Gasteiger partial charge is 0.306 e. The van der Waals surface area contributed by atoms with Crippen molar-refractivity contribution in [1.29, 1.82) is 0 Å². The number of unbranched alkanes of at least 4 members (excludes halogenated alkanes) is 22. The van der Waals surface area contributed by atoms with Gasteiger partial charge in [0, 0.05) is 19.3 Å². The van der Waals surface area contributed by atoms with E-state index in [2.05, 4.69) is 106 Å². The highest BCUT2D eigenvalue weighted by Crippen LogP contribution is 2.14. The van der Waals surface area contributed by atoms with E-state index in [1.54, 1.807) is 0 Å². The summed E-state index contributed by atoms with van der Waals surface area (Å²) in [6.45, 7) is 6.44. The second-order valence-corrected chi connectivity index (χ2v) is 17.4. The molecule has 0 aromatic carbocycles. The third kappa shape index (κ3) is 49.6. The molecule has 0 fully saturated rings. The van der Waals surface area contributed by atoms with Gasteiger partial charge in [0.2, 0.25) is 0 Å². The van der Waals surface area contributed by atoms with Crippen LogP contribution in [0.15, 0.2) is 85.1 Å². The zero-order valence-corrected chi connectivity index (χ0v) is 41.8. The Morgan fingerprint density at radius 2 is 0.625 bits per heavy atom. The lowest BCUT2D eigenvalue weighted by Crippen LogP contribution is -2.30. The number of hydrogen-bond donors (Lipinski definition) is 0. The number of esters is 3. The Morgan fingerprint density at radius 3 is 1.03 bits per heavy atom. The minimum Gasteiger partial charge on any atom is -0.462 e. The molecule has 0 aliphatic heterocycles. The number of hydrogen-bond acceptors (Lipinski definition) is 6. The lowest BCUT2D eigenvalue weighted by atomic mass is 10.1. The molecule has 0 bridgehead atoms. The van der Waals surface area contributed by atoms with E-state index in [4.69, 9.17) is 14.2 Å². The van der Waals surface area contributed by atoms with E-state index in [-0.39, 0.29) is 37.5 Å². The quantitative estimate of drug-likeness (QED) is 0.0262. The van der Waals surface area contributed by atoms with Crippen molar-refractivity contribution in [2.75, 3.05) is 13.2 Å². The van der Waals surface area contributed by atoms with Crippen LogP contribution in [0.25, 0.3) is 0 Å². The maximum atomic E-state index is 12.8. The lowest BCUT2D eigenvalue weighted by molar-refractivity contribution is -0.167. The first kappa shape index (κ1) is 60.6. The molecule has 366 valence electrons. The molecule has 1 atom stereocenters. The molecule has 0 amide bonds. The van der Waals surface area contributed by atoms with Crippen LogP contribution in [0, 0.1) is 0 Å². The van der Waals surface area contributed by atoms with Crippen molar-refractivity contribution in [3.63, 3.8) is 0 Å². The van der Waals surface area contributed by atoms with E-state index in [0.717, 1.165) is 83.5 Å². The summed E-state index contributed by atoms with van der Waals surface area (Å²) in [6, 6.07) is 0. The normalized spacial score (nSPS) is 12.7. The van der Waals surface area contributed by atoms with Gasteiger partial charge in [0.15, 0.2) is 6.10 Å². The molecule has 6 nitrogen and oxygen atoms in total. The number of ether oxygens (including phenoxy) is 3. The van der Waals surface area contributed by atoms with Crippen molar-refractivity contribution in [3.8, 4) is 0 Å². The molecule has 0 heterocycles. The summed E-state index contributed by atoms with van der Waals surface area (Å²) < 4.78 is 16.7. The van der Waals surface area contributed by atoms with Crippen LogP contribution in [0.1, 0.15) is 245 Å². The molecular formula is C58H98O6. The van der Waals surface area contributed by atoms with E-state index < -0.39 is 6.10 Å². The van der Waals surface area contributed by atoms with Crippen LogP contribution in [0.2, 0.25) is 0 Å². The average molecular weight is 891 g/mol. The Morgan fingerprint density at radius 1 is 0.328 bits per heavy atom. The predicted molar refractivity (Wildman–Crippen MR) is 274 cm³/mol. The monoisotopic (exact) mass is 891 g/mol. The predicted octanol–water partition coefficient (Wildman–Crippen LogP) is 17.6. The topological polar surface area (TPSA) is 78.9 Å². The number of carbonyl (C=O) groups excluding carboxylic acids is 3. The number of carbonyl (C=O) groups is 3. The molecule has 0 rings (SSSR count). The minimum absolute atomic E-state index is 0.0993. The average Bonchev–Trinajstić information content (AvgIpc) is 3.29. The molecule has 0 aliphatic rings. The number of allylic oxidation sites excluding steroid dienone is 14. The van der Waals surface area contributed by atoms with Crippen molar-refractivity contribution in [2.45, 2.75) is 252 Å². The summed E-state index contributed by atoms with van der Waals surface area (Å²) in [5, 5.41) is 0. The van der Waals surface area contributed by atoms with Crippen molar-refractivity contribution >= 4 is 17.9 Å². The van der Waals surface area contributed by atoms with Gasteiger partial charge in [-0.05, 0) is 89.9 Å². The second-order valence-electron chi connectivity index (χ2n) is 17.4. The highest BCUT2D eigenvalue weighted by Gasteiger charge is 2.19. The first-order valence-corrected chi connectivity index (χ1v) is 26.6. The fourth-order valence-corrected chi connectivity index (χ4v) is 7.15. The summed E-state index contributed by atoms with van der Waals surface area (Å²) >= 11 is 0. The molecule has 64 heavy (non-hydrogen) atoms. The van der Waals surface area contributed by atoms with E-state index in [0.29, 0.717) is 19.3 Å². The molecule has 6 heteroatoms. The van der Waals surface area contributed by atoms with Crippen LogP contribution in [-0.4, -0.2) is 37.2 Å². The Hall–Kier alpha value is -3.41. The van der Waals surface area contributed by atoms with Gasteiger partial charge in [0.1, 0.15) is 13.2 Å². The molecule has 0 aliphatic carbocycles. The number of rotatable bonds is 47. The molecule has 0 N–H and O–H groups in total. The lowest BCUT2D eigenvalue weighted by Gasteiger charge is -2.18. The van der Waals surface area contributed by atoms with E-state index in [1.807, 2.05) is 0 Å². The molecule has 0 aromatic rings. The van der Waals surface area contributed by atoms with Crippen LogP contribution in [0.4, 0.5) is 0 Å². The summed E-state index contributed by atoms with van der Waals surface area (Å²) in [7, 11) is 0. The molecular weight excluding hydrogens is 793 g/mol. The summed E-state index contributed by atoms with van der Waals surface area (Å²) in [5.74, 6) is -0.963. The molecule has 1 unspecified atom stereocenters. The first-order valence-electron chi connectivity index (χ1n) is 26.6. The Bertz CT molecular complexity index is 1250. The van der Waals surface area contributed by atoms with E-state index in [1.165, 1.54) is 116 Å². The van der Waals surface area contributed by atoms with Gasteiger partial charge < -0.3 is 14.2 Å². The third-order valence-corrected chi connectivity index (χ3v) is 11.1. The Kier molecular flexibility index (Phi) is 49.4. The van der Waals surface area contributed by atoms with Crippen LogP contribution in [0.5, 0.6) is 0 Å². The fourth-order valence-electron chi connectivity index (χ4n) is 7.15. The Balaban J connectivity index is 4.42. The van der Waals surface area contributed by atoms with Gasteiger partial charge in [-0.3, -0.25) is 14.4 Å². The van der Waals surface area contributed by atoms with Crippen LogP contribution >= 0.6 is 0 Å². The maximum absolute atomic E-state index is 12.8. The fraction of sp³-hybridized carbons (Fsp3) is 0.707. The largest absolute Gasteiger partial charge is 0.462 e. The molecule has 0 radical (unpaired) electrons. The van der Waals surface area contributed by atoms with Crippen LogP contribution < -0.4 is 0 Å². The standard InChI is InChI=1S/C58H98O6/c1-4-7-10-13-16-19-22-24-26-28-29-31-32-34-36-39-42-45-48-51-57(60)63-54-55(53-62-56(59)50-47-44-41-38-21-18-15-12-9-6-3)64-58(61)52-49-46-43-40-37-35-33-30-27-25-23-20-17-14-11-8-5-2/h8,11,16-17,19-20,24-27,33,35,40,43,55H,4-7,9-10,12-15,18,21-23,28-32,34,36-39,41-42,44-54H2,1-3H3/b11-8-,19-16-,20-17-,26-24-,27-25-,35-33-,43-40-. The summed E-state index contributed by atoms with van der Waals surface area (Å²) in [6.07, 6.45) is 67.2. The van der Waals surface area contributed by atoms with Gasteiger partial charge in [-0.25, -0.2) is 0 Å². The van der Waals surface area contributed by atoms with Gasteiger partial charge in [0.05, 0.1) is 0 Å². The minimum atomic E-state index is -0.805. The first-order chi connectivity index (χ1) is 31.5. The summed E-state index contributed by atoms with van der Waals surface area (Å²) in [4.78, 5) is 38.0. The zero-order chi connectivity index (χ0) is 46.5. The second kappa shape index (κ2) is 52.2. The van der Waals surface area contributed by atoms with Crippen LogP contribution in [-0.2, 0) is 28.6 Å². The van der Waals surface area contributed by atoms with Crippen molar-refractivity contribution in [1.82, 2.24) is 0 Å². The highest BCUT2D eigenvalue weighted by molar-refractivity contribution is 5.71. The van der Waals surface area contributed by atoms with Gasteiger partial charge in [-0.2, -0.15) is 0 Å². The van der Waals surface area contributed by atoms with Gasteiger partial charge in [0.25, 0.3) is 0 Å². The van der Waals surface area contributed by atoms with Crippen molar-refractivity contribution in [3.05, 3.63) is 85.1 Å². The van der Waals surface area contributed by atoms with Gasteiger partial charge in [-0.15, -0.1) is 0 Å². The molecule has 0 aromatic heterocycles. The molecule has 0 saturated heterocycles. The summed E-state index contributed by atoms with van der Waals surface area (Å²) in [5.41, 5.74) is 0.